The number of likely N-dealkylation sites (N-methyl/N-ethyl adjacent to an activating group) is 1. The fraction of sp³-hybridized carbons (Fsp3) is 1.00. The predicted molar refractivity (Wildman–Crippen MR) is 78.6 cm³/mol. The highest BCUT2D eigenvalue weighted by molar-refractivity contribution is 4.60. The van der Waals surface area contributed by atoms with Crippen molar-refractivity contribution in [1.29, 1.82) is 0 Å². The van der Waals surface area contributed by atoms with E-state index in [-0.39, 0.29) is 0 Å². The van der Waals surface area contributed by atoms with Crippen LogP contribution in [-0.2, 0) is 0 Å². The lowest BCUT2D eigenvalue weighted by atomic mass is 10.1. The Labute approximate surface area is 109 Å². The van der Waals surface area contributed by atoms with Crippen LogP contribution in [0, 0.1) is 0 Å². The maximum Gasteiger partial charge on any atom is 0.0107 e. The molecule has 0 aromatic heterocycles. The molecule has 0 aliphatic rings. The minimum absolute atomic E-state index is 0.614. The van der Waals surface area contributed by atoms with Gasteiger partial charge in [-0.2, -0.15) is 0 Å². The van der Waals surface area contributed by atoms with E-state index in [1.807, 2.05) is 0 Å². The van der Waals surface area contributed by atoms with Crippen molar-refractivity contribution in [2.45, 2.75) is 72.3 Å². The lowest BCUT2D eigenvalue weighted by molar-refractivity contribution is 0.277. The largest absolute Gasteiger partial charge is 0.313 e. The van der Waals surface area contributed by atoms with Crippen molar-refractivity contribution in [2.24, 2.45) is 0 Å². The first-order valence-corrected chi connectivity index (χ1v) is 7.66. The number of nitrogens with zero attached hydrogens (tertiary/aromatic N) is 1. The van der Waals surface area contributed by atoms with Crippen LogP contribution in [0.5, 0.6) is 0 Å². The van der Waals surface area contributed by atoms with Crippen LogP contribution < -0.4 is 5.32 Å². The second kappa shape index (κ2) is 12.4. The SMILES string of the molecule is CCCCCCCCN(CC)CCNC(C)C. The maximum absolute atomic E-state index is 3.49. The van der Waals surface area contributed by atoms with Crippen molar-refractivity contribution in [3.05, 3.63) is 0 Å². The van der Waals surface area contributed by atoms with Gasteiger partial charge in [-0.3, -0.25) is 0 Å². The summed E-state index contributed by atoms with van der Waals surface area (Å²) in [6.45, 7) is 13.8. The molecular weight excluding hydrogens is 208 g/mol. The molecule has 1 N–H and O–H groups in total. The maximum atomic E-state index is 3.49. The van der Waals surface area contributed by atoms with Crippen molar-refractivity contribution in [3.63, 3.8) is 0 Å². The van der Waals surface area contributed by atoms with E-state index in [4.69, 9.17) is 0 Å². The number of nitrogens with one attached hydrogen (secondary N) is 1. The van der Waals surface area contributed by atoms with Crippen molar-refractivity contribution in [2.75, 3.05) is 26.2 Å². The van der Waals surface area contributed by atoms with Crippen LogP contribution in [-0.4, -0.2) is 37.1 Å². The molecule has 0 fully saturated rings. The van der Waals surface area contributed by atoms with Crippen molar-refractivity contribution >= 4 is 0 Å². The van der Waals surface area contributed by atoms with E-state index < -0.39 is 0 Å². The Morgan fingerprint density at radius 3 is 2.12 bits per heavy atom. The standard InChI is InChI=1S/C15H34N2/c1-5-7-8-9-10-11-13-17(6-2)14-12-16-15(3)4/h15-16H,5-14H2,1-4H3. The molecule has 2 nitrogen and oxygen atoms in total. The van der Waals surface area contributed by atoms with Gasteiger partial charge in [0.2, 0.25) is 0 Å². The van der Waals surface area contributed by atoms with Gasteiger partial charge in [0.05, 0.1) is 0 Å². The molecule has 0 spiro atoms. The first-order valence-electron chi connectivity index (χ1n) is 7.66. The van der Waals surface area contributed by atoms with E-state index in [0.717, 1.165) is 6.54 Å². The smallest absolute Gasteiger partial charge is 0.0107 e. The Hall–Kier alpha value is -0.0800. The second-order valence-electron chi connectivity index (χ2n) is 5.31. The van der Waals surface area contributed by atoms with Crippen LogP contribution in [0.4, 0.5) is 0 Å². The third-order valence-electron chi connectivity index (χ3n) is 3.26. The molecule has 0 bridgehead atoms. The summed E-state index contributed by atoms with van der Waals surface area (Å²) < 4.78 is 0. The average Bonchev–Trinajstić information content (AvgIpc) is 2.30. The van der Waals surface area contributed by atoms with Crippen molar-refractivity contribution < 1.29 is 0 Å². The fourth-order valence-corrected chi connectivity index (χ4v) is 2.06. The van der Waals surface area contributed by atoms with Gasteiger partial charge in [0, 0.05) is 19.1 Å². The first kappa shape index (κ1) is 16.9. The van der Waals surface area contributed by atoms with E-state index in [0.29, 0.717) is 6.04 Å². The van der Waals surface area contributed by atoms with Crippen LogP contribution in [0.1, 0.15) is 66.2 Å². The molecule has 0 aliphatic carbocycles. The zero-order valence-corrected chi connectivity index (χ0v) is 12.6. The number of unbranched alkanes of at least 4 members (excludes halogenated alkanes) is 5. The lowest BCUT2D eigenvalue weighted by Crippen LogP contribution is -2.35. The predicted octanol–water partition coefficient (Wildman–Crippen LogP) is 3.67. The zero-order valence-electron chi connectivity index (χ0n) is 12.6. The van der Waals surface area contributed by atoms with Crippen LogP contribution in [0.25, 0.3) is 0 Å². The Kier molecular flexibility index (Phi) is 12.3. The Balaban J connectivity index is 3.35. The molecule has 104 valence electrons. The van der Waals surface area contributed by atoms with Gasteiger partial charge in [-0.15, -0.1) is 0 Å². The molecular formula is C15H34N2. The molecule has 0 aromatic rings. The molecule has 0 atom stereocenters. The minimum Gasteiger partial charge on any atom is -0.313 e. The number of rotatable bonds is 12. The molecule has 0 heterocycles. The summed E-state index contributed by atoms with van der Waals surface area (Å²) in [5.41, 5.74) is 0. The van der Waals surface area contributed by atoms with Crippen LogP contribution >= 0.6 is 0 Å². The molecule has 0 radical (unpaired) electrons. The van der Waals surface area contributed by atoms with Gasteiger partial charge < -0.3 is 10.2 Å². The Morgan fingerprint density at radius 2 is 1.53 bits per heavy atom. The number of hydrogen-bond acceptors (Lipinski definition) is 2. The summed E-state index contributed by atoms with van der Waals surface area (Å²) in [6, 6.07) is 0.614. The first-order chi connectivity index (χ1) is 8.20. The normalized spacial score (nSPS) is 11.6. The van der Waals surface area contributed by atoms with Gasteiger partial charge in [0.1, 0.15) is 0 Å². The summed E-state index contributed by atoms with van der Waals surface area (Å²) in [5.74, 6) is 0. The minimum atomic E-state index is 0.614. The highest BCUT2D eigenvalue weighted by Gasteiger charge is 2.02. The second-order valence-corrected chi connectivity index (χ2v) is 5.31. The molecule has 17 heavy (non-hydrogen) atoms. The zero-order chi connectivity index (χ0) is 12.9. The third-order valence-corrected chi connectivity index (χ3v) is 3.26. The average molecular weight is 242 g/mol. The van der Waals surface area contributed by atoms with E-state index >= 15 is 0 Å². The lowest BCUT2D eigenvalue weighted by Gasteiger charge is -2.21. The Bertz CT molecular complexity index is 146. The van der Waals surface area contributed by atoms with Gasteiger partial charge in [-0.25, -0.2) is 0 Å². The quantitative estimate of drug-likeness (QED) is 0.525. The van der Waals surface area contributed by atoms with E-state index in [9.17, 15) is 0 Å². The van der Waals surface area contributed by atoms with Gasteiger partial charge in [-0.05, 0) is 19.5 Å². The van der Waals surface area contributed by atoms with E-state index in [1.165, 1.54) is 58.2 Å². The van der Waals surface area contributed by atoms with Crippen LogP contribution in [0.2, 0.25) is 0 Å². The Morgan fingerprint density at radius 1 is 0.882 bits per heavy atom. The monoisotopic (exact) mass is 242 g/mol. The van der Waals surface area contributed by atoms with E-state index in [2.05, 4.69) is 37.9 Å². The summed E-state index contributed by atoms with van der Waals surface area (Å²) in [4.78, 5) is 2.56. The summed E-state index contributed by atoms with van der Waals surface area (Å²) >= 11 is 0. The van der Waals surface area contributed by atoms with Crippen molar-refractivity contribution in [3.8, 4) is 0 Å². The van der Waals surface area contributed by atoms with Gasteiger partial charge in [-0.1, -0.05) is 59.8 Å². The molecule has 0 unspecified atom stereocenters. The summed E-state index contributed by atoms with van der Waals surface area (Å²) in [6.07, 6.45) is 8.40. The van der Waals surface area contributed by atoms with Crippen molar-refractivity contribution in [1.82, 2.24) is 10.2 Å². The molecule has 0 amide bonds. The summed E-state index contributed by atoms with van der Waals surface area (Å²) in [7, 11) is 0. The van der Waals surface area contributed by atoms with Gasteiger partial charge in [0.15, 0.2) is 0 Å². The summed E-state index contributed by atoms with van der Waals surface area (Å²) in [5, 5.41) is 3.49. The van der Waals surface area contributed by atoms with E-state index in [1.54, 1.807) is 0 Å². The molecule has 0 saturated carbocycles. The highest BCUT2D eigenvalue weighted by atomic mass is 15.1. The molecule has 0 aromatic carbocycles. The van der Waals surface area contributed by atoms with Gasteiger partial charge >= 0.3 is 0 Å². The van der Waals surface area contributed by atoms with Gasteiger partial charge in [0.25, 0.3) is 0 Å². The van der Waals surface area contributed by atoms with Crippen LogP contribution in [0.15, 0.2) is 0 Å². The molecule has 0 rings (SSSR count). The highest BCUT2D eigenvalue weighted by Crippen LogP contribution is 2.05. The number of hydrogen-bond donors (Lipinski definition) is 1. The molecule has 2 heteroatoms. The molecule has 0 saturated heterocycles. The molecule has 0 aliphatic heterocycles. The topological polar surface area (TPSA) is 15.3 Å². The fourth-order valence-electron chi connectivity index (χ4n) is 2.06. The third kappa shape index (κ3) is 12.2. The van der Waals surface area contributed by atoms with Crippen LogP contribution in [0.3, 0.4) is 0 Å².